The van der Waals surface area contributed by atoms with Gasteiger partial charge >= 0.3 is 11.9 Å². The van der Waals surface area contributed by atoms with Gasteiger partial charge in [-0.2, -0.15) is 0 Å². The van der Waals surface area contributed by atoms with Crippen LogP contribution in [0.5, 0.6) is 11.5 Å². The maximum absolute atomic E-state index is 11.8. The molecule has 5 rings (SSSR count). The van der Waals surface area contributed by atoms with E-state index in [1.807, 2.05) is 0 Å². The topological polar surface area (TPSA) is 118 Å². The Kier molecular flexibility index (Phi) is 6.85. The number of β-amino-alcohol motifs (C(OH)–C–C–N with tert-alkyl or cyclic N) is 2. The van der Waals surface area contributed by atoms with Gasteiger partial charge in [0.15, 0.2) is 0 Å². The van der Waals surface area contributed by atoms with E-state index in [1.165, 1.54) is 14.2 Å². The van der Waals surface area contributed by atoms with Gasteiger partial charge in [0.25, 0.3) is 0 Å². The second kappa shape index (κ2) is 10.1. The number of nitrogens with zero attached hydrogens (tertiary/aromatic N) is 2. The van der Waals surface area contributed by atoms with Crippen LogP contribution < -0.4 is 9.47 Å². The number of esters is 2. The summed E-state index contributed by atoms with van der Waals surface area (Å²) in [5.74, 6) is 0.259. The van der Waals surface area contributed by atoms with Crippen molar-refractivity contribution >= 4 is 11.9 Å². The van der Waals surface area contributed by atoms with Gasteiger partial charge in [0, 0.05) is 61.5 Å². The molecule has 3 aliphatic heterocycles. The average molecular weight is 499 g/mol. The zero-order valence-corrected chi connectivity index (χ0v) is 20.4. The van der Waals surface area contributed by atoms with Crippen molar-refractivity contribution in [2.24, 2.45) is 0 Å². The first-order valence-electron chi connectivity index (χ1n) is 12.0. The van der Waals surface area contributed by atoms with Crippen molar-refractivity contribution in [2.75, 3.05) is 53.5 Å². The van der Waals surface area contributed by atoms with Crippen molar-refractivity contribution in [3.63, 3.8) is 0 Å². The Balaban J connectivity index is 1.18. The number of ether oxygens (including phenoxy) is 4. The Morgan fingerprint density at radius 3 is 1.50 bits per heavy atom. The molecule has 0 radical (unpaired) electrons. The molecule has 1 fully saturated rings. The summed E-state index contributed by atoms with van der Waals surface area (Å²) in [6.45, 7) is 4.05. The van der Waals surface area contributed by atoms with Gasteiger partial charge in [0.1, 0.15) is 24.7 Å². The van der Waals surface area contributed by atoms with Gasteiger partial charge in [0.2, 0.25) is 0 Å². The van der Waals surface area contributed by atoms with Crippen LogP contribution in [0, 0.1) is 0 Å². The number of fused-ring (bicyclic) bond motifs is 2. The number of rotatable bonds is 8. The van der Waals surface area contributed by atoms with E-state index in [0.717, 1.165) is 26.2 Å². The fraction of sp³-hybridized carbons (Fsp3) is 0.462. The van der Waals surface area contributed by atoms with Crippen molar-refractivity contribution in [1.82, 2.24) is 9.80 Å². The Morgan fingerprint density at radius 2 is 1.14 bits per heavy atom. The zero-order chi connectivity index (χ0) is 25.4. The maximum atomic E-state index is 11.8. The van der Waals surface area contributed by atoms with Crippen LogP contribution in [0.1, 0.15) is 55.2 Å². The molecule has 0 saturated carbocycles. The molecular formula is C26H30N2O8. The molecule has 2 atom stereocenters. The van der Waals surface area contributed by atoms with Crippen LogP contribution in [0.2, 0.25) is 0 Å². The van der Waals surface area contributed by atoms with Gasteiger partial charge in [-0.05, 0) is 12.1 Å². The minimum absolute atomic E-state index is 0.150. The van der Waals surface area contributed by atoms with Crippen LogP contribution in [0.15, 0.2) is 24.3 Å². The summed E-state index contributed by atoms with van der Waals surface area (Å²) >= 11 is 0. The number of cyclic esters (lactones) is 2. The molecule has 3 aliphatic rings. The maximum Gasteiger partial charge on any atom is 0.339 e. The first-order valence-corrected chi connectivity index (χ1v) is 12.0. The quantitative estimate of drug-likeness (QED) is 0.518. The summed E-state index contributed by atoms with van der Waals surface area (Å²) in [5.41, 5.74) is 3.59. The Morgan fingerprint density at radius 1 is 0.750 bits per heavy atom. The summed E-state index contributed by atoms with van der Waals surface area (Å²) in [5, 5.41) is 21.9. The van der Waals surface area contributed by atoms with E-state index in [1.54, 1.807) is 24.3 Å². The summed E-state index contributed by atoms with van der Waals surface area (Å²) in [6, 6.07) is 6.81. The van der Waals surface area contributed by atoms with Crippen molar-refractivity contribution in [1.29, 1.82) is 0 Å². The number of benzene rings is 2. The lowest BCUT2D eigenvalue weighted by molar-refractivity contribution is 0.0468. The van der Waals surface area contributed by atoms with E-state index in [2.05, 4.69) is 9.80 Å². The predicted octanol–water partition coefficient (Wildman–Crippen LogP) is 1.43. The molecule has 0 spiro atoms. The molecular weight excluding hydrogens is 468 g/mol. The van der Waals surface area contributed by atoms with Crippen molar-refractivity contribution < 1.29 is 38.7 Å². The highest BCUT2D eigenvalue weighted by molar-refractivity contribution is 5.95. The summed E-state index contributed by atoms with van der Waals surface area (Å²) < 4.78 is 21.2. The van der Waals surface area contributed by atoms with E-state index in [0.29, 0.717) is 58.0 Å². The number of carbonyl (C=O) groups is 2. The highest BCUT2D eigenvalue weighted by Crippen LogP contribution is 2.37. The average Bonchev–Trinajstić information content (AvgIpc) is 3.46. The number of hydrogen-bond donors (Lipinski definition) is 2. The highest BCUT2D eigenvalue weighted by atomic mass is 16.5. The van der Waals surface area contributed by atoms with Crippen molar-refractivity contribution in [3.05, 3.63) is 57.6 Å². The lowest BCUT2D eigenvalue weighted by Gasteiger charge is -2.36. The Hall–Kier alpha value is -3.18. The van der Waals surface area contributed by atoms with Crippen LogP contribution in [-0.2, 0) is 22.7 Å². The minimum Gasteiger partial charge on any atom is -0.496 e. The summed E-state index contributed by atoms with van der Waals surface area (Å²) in [4.78, 5) is 28.0. The normalized spacial score (nSPS) is 19.3. The largest absolute Gasteiger partial charge is 0.496 e. The first-order chi connectivity index (χ1) is 17.4. The number of methoxy groups -OCH3 is 2. The molecule has 0 bridgehead atoms. The van der Waals surface area contributed by atoms with E-state index in [4.69, 9.17) is 18.9 Å². The standard InChI is InChI=1S/C26H30N2O8/c1-33-23-17(5-3-15-19(23)13-35-25(15)31)21(29)11-27-7-9-28(10-8-27)12-22(30)18-6-4-16-20(24(18)34-2)14-36-26(16)32/h3-6,21-22,29-30H,7-14H2,1-2H3. The fourth-order valence-corrected chi connectivity index (χ4v) is 5.24. The third-order valence-corrected chi connectivity index (χ3v) is 7.17. The fourth-order valence-electron chi connectivity index (χ4n) is 5.24. The van der Waals surface area contributed by atoms with E-state index < -0.39 is 12.2 Å². The molecule has 0 aromatic heterocycles. The number of aliphatic hydroxyl groups is 2. The van der Waals surface area contributed by atoms with Gasteiger partial charge in [-0.15, -0.1) is 0 Å². The first kappa shape index (κ1) is 24.5. The zero-order valence-electron chi connectivity index (χ0n) is 20.4. The predicted molar refractivity (Wildman–Crippen MR) is 127 cm³/mol. The Bertz CT molecular complexity index is 1080. The van der Waals surface area contributed by atoms with E-state index in [9.17, 15) is 19.8 Å². The molecule has 1 saturated heterocycles. The molecule has 192 valence electrons. The van der Waals surface area contributed by atoms with Crippen LogP contribution >= 0.6 is 0 Å². The smallest absolute Gasteiger partial charge is 0.339 e. The van der Waals surface area contributed by atoms with E-state index >= 15 is 0 Å². The molecule has 3 heterocycles. The molecule has 2 aromatic carbocycles. The lowest BCUT2D eigenvalue weighted by atomic mass is 9.99. The number of piperazine rings is 1. The monoisotopic (exact) mass is 498 g/mol. The third-order valence-electron chi connectivity index (χ3n) is 7.17. The van der Waals surface area contributed by atoms with Gasteiger partial charge in [-0.1, -0.05) is 12.1 Å². The SMILES string of the molecule is COc1c(C(O)CN2CCN(CC(O)c3ccc4c(c3OC)COC4=O)CC2)ccc2c1COC2=O. The number of carbonyl (C=O) groups excluding carboxylic acids is 2. The van der Waals surface area contributed by atoms with Gasteiger partial charge < -0.3 is 29.2 Å². The van der Waals surface area contributed by atoms with Crippen LogP contribution in [0.3, 0.4) is 0 Å². The summed E-state index contributed by atoms with van der Waals surface area (Å²) in [7, 11) is 3.05. The molecule has 10 heteroatoms. The molecule has 10 nitrogen and oxygen atoms in total. The van der Waals surface area contributed by atoms with E-state index in [-0.39, 0.29) is 25.2 Å². The van der Waals surface area contributed by atoms with Gasteiger partial charge in [-0.25, -0.2) is 9.59 Å². The third kappa shape index (κ3) is 4.41. The molecule has 0 amide bonds. The van der Waals surface area contributed by atoms with Crippen LogP contribution in [0.25, 0.3) is 0 Å². The van der Waals surface area contributed by atoms with Crippen LogP contribution in [0.4, 0.5) is 0 Å². The van der Waals surface area contributed by atoms with Gasteiger partial charge in [0.05, 0.1) is 37.6 Å². The second-order valence-corrected chi connectivity index (χ2v) is 9.21. The van der Waals surface area contributed by atoms with Crippen molar-refractivity contribution in [3.8, 4) is 11.5 Å². The molecule has 0 aliphatic carbocycles. The highest BCUT2D eigenvalue weighted by Gasteiger charge is 2.31. The van der Waals surface area contributed by atoms with Gasteiger partial charge in [-0.3, -0.25) is 9.80 Å². The molecule has 2 aromatic rings. The summed E-state index contributed by atoms with van der Waals surface area (Å²) in [6.07, 6.45) is -1.56. The minimum atomic E-state index is -0.779. The molecule has 2 N–H and O–H groups in total. The Labute approximate surface area is 208 Å². The van der Waals surface area contributed by atoms with Crippen molar-refractivity contribution in [2.45, 2.75) is 25.4 Å². The number of hydrogen-bond acceptors (Lipinski definition) is 10. The molecule has 36 heavy (non-hydrogen) atoms. The number of aliphatic hydroxyl groups excluding tert-OH is 2. The lowest BCUT2D eigenvalue weighted by Crippen LogP contribution is -2.48. The molecule has 2 unspecified atom stereocenters. The second-order valence-electron chi connectivity index (χ2n) is 9.21. The van der Waals surface area contributed by atoms with Crippen LogP contribution in [-0.4, -0.2) is 85.4 Å².